The van der Waals surface area contributed by atoms with E-state index in [0.29, 0.717) is 6.04 Å². The summed E-state index contributed by atoms with van der Waals surface area (Å²) < 4.78 is 5.28. The van der Waals surface area contributed by atoms with Gasteiger partial charge in [-0.1, -0.05) is 13.8 Å². The first-order valence-electron chi connectivity index (χ1n) is 6.00. The van der Waals surface area contributed by atoms with Gasteiger partial charge in [-0.05, 0) is 33.1 Å². The van der Waals surface area contributed by atoms with Gasteiger partial charge in [0.1, 0.15) is 0 Å². The van der Waals surface area contributed by atoms with E-state index in [9.17, 15) is 5.11 Å². The van der Waals surface area contributed by atoms with Gasteiger partial charge >= 0.3 is 0 Å². The second-order valence-electron chi connectivity index (χ2n) is 4.67. The topological polar surface area (TPSA) is 41.5 Å². The molecule has 0 rings (SSSR count). The Kier molecular flexibility index (Phi) is 8.02. The molecule has 92 valence electrons. The minimum Gasteiger partial charge on any atom is -0.394 e. The molecule has 0 amide bonds. The molecule has 0 aromatic heterocycles. The normalized spacial score (nSPS) is 15.6. The summed E-state index contributed by atoms with van der Waals surface area (Å²) in [4.78, 5) is 0. The minimum absolute atomic E-state index is 0.139. The maximum atomic E-state index is 9.34. The van der Waals surface area contributed by atoms with Crippen molar-refractivity contribution >= 4 is 0 Å². The maximum Gasteiger partial charge on any atom is 0.0610 e. The zero-order valence-electron chi connectivity index (χ0n) is 10.7. The molecule has 3 heteroatoms. The number of rotatable bonds is 9. The van der Waals surface area contributed by atoms with Crippen LogP contribution < -0.4 is 5.32 Å². The highest BCUT2D eigenvalue weighted by molar-refractivity contribution is 4.83. The Morgan fingerprint density at radius 1 is 1.33 bits per heavy atom. The molecule has 3 nitrogen and oxygen atoms in total. The Hall–Kier alpha value is -0.120. The van der Waals surface area contributed by atoms with Crippen molar-refractivity contribution in [3.8, 4) is 0 Å². The minimum atomic E-state index is -0.139. The lowest BCUT2D eigenvalue weighted by Crippen LogP contribution is -2.49. The van der Waals surface area contributed by atoms with Crippen LogP contribution in [0.15, 0.2) is 0 Å². The van der Waals surface area contributed by atoms with Crippen LogP contribution in [0.2, 0.25) is 0 Å². The Morgan fingerprint density at radius 2 is 2.00 bits per heavy atom. The van der Waals surface area contributed by atoms with E-state index in [1.807, 2.05) is 6.92 Å². The highest BCUT2D eigenvalue weighted by Gasteiger charge is 2.22. The fourth-order valence-electron chi connectivity index (χ4n) is 1.76. The standard InChI is InChI=1S/C12H27NO2/c1-5-15-9-7-6-8-12(4,10-14)13-11(2)3/h11,13-14H,5-10H2,1-4H3. The second-order valence-corrected chi connectivity index (χ2v) is 4.67. The molecule has 0 radical (unpaired) electrons. The molecule has 15 heavy (non-hydrogen) atoms. The highest BCUT2D eigenvalue weighted by Crippen LogP contribution is 2.14. The Labute approximate surface area is 94.2 Å². The van der Waals surface area contributed by atoms with Crippen LogP contribution in [0.3, 0.4) is 0 Å². The Morgan fingerprint density at radius 3 is 2.47 bits per heavy atom. The summed E-state index contributed by atoms with van der Waals surface area (Å²) in [5.41, 5.74) is -0.139. The van der Waals surface area contributed by atoms with E-state index in [2.05, 4.69) is 26.1 Å². The van der Waals surface area contributed by atoms with Crippen LogP contribution in [-0.4, -0.2) is 36.5 Å². The summed E-state index contributed by atoms with van der Waals surface area (Å²) in [7, 11) is 0. The second kappa shape index (κ2) is 8.08. The molecule has 0 heterocycles. The average Bonchev–Trinajstić information content (AvgIpc) is 2.16. The van der Waals surface area contributed by atoms with Gasteiger partial charge in [-0.3, -0.25) is 0 Å². The van der Waals surface area contributed by atoms with E-state index in [1.54, 1.807) is 0 Å². The lowest BCUT2D eigenvalue weighted by molar-refractivity contribution is 0.128. The summed E-state index contributed by atoms with van der Waals surface area (Å²) in [5, 5.41) is 12.7. The Balaban J connectivity index is 3.68. The molecule has 0 spiro atoms. The van der Waals surface area contributed by atoms with Gasteiger partial charge in [0.05, 0.1) is 6.61 Å². The molecule has 0 saturated carbocycles. The molecule has 1 unspecified atom stereocenters. The first kappa shape index (κ1) is 14.9. The number of hydrogen-bond acceptors (Lipinski definition) is 3. The predicted molar refractivity (Wildman–Crippen MR) is 64.1 cm³/mol. The van der Waals surface area contributed by atoms with Crippen LogP contribution in [0, 0.1) is 0 Å². The number of aliphatic hydroxyl groups excluding tert-OH is 1. The zero-order valence-corrected chi connectivity index (χ0v) is 10.7. The zero-order chi connectivity index (χ0) is 11.7. The van der Waals surface area contributed by atoms with Crippen molar-refractivity contribution in [1.82, 2.24) is 5.32 Å². The lowest BCUT2D eigenvalue weighted by Gasteiger charge is -2.31. The van der Waals surface area contributed by atoms with Crippen LogP contribution in [0.1, 0.15) is 47.0 Å². The summed E-state index contributed by atoms with van der Waals surface area (Å²) in [5.74, 6) is 0. The van der Waals surface area contributed by atoms with E-state index in [4.69, 9.17) is 4.74 Å². The average molecular weight is 217 g/mol. The van der Waals surface area contributed by atoms with Crippen LogP contribution >= 0.6 is 0 Å². The van der Waals surface area contributed by atoms with Crippen molar-refractivity contribution in [2.75, 3.05) is 19.8 Å². The molecule has 0 bridgehead atoms. The summed E-state index contributed by atoms with van der Waals surface area (Å²) >= 11 is 0. The van der Waals surface area contributed by atoms with Gasteiger partial charge in [-0.15, -0.1) is 0 Å². The predicted octanol–water partition coefficient (Wildman–Crippen LogP) is 1.94. The number of aliphatic hydroxyl groups is 1. The molecule has 0 aliphatic rings. The third-order valence-corrected chi connectivity index (χ3v) is 2.46. The number of hydrogen-bond donors (Lipinski definition) is 2. The van der Waals surface area contributed by atoms with Crippen LogP contribution in [0.5, 0.6) is 0 Å². The van der Waals surface area contributed by atoms with Crippen molar-refractivity contribution in [2.24, 2.45) is 0 Å². The summed E-state index contributed by atoms with van der Waals surface area (Å²) in [6.07, 6.45) is 3.16. The Bertz CT molecular complexity index is 151. The molecular weight excluding hydrogens is 190 g/mol. The molecule has 0 fully saturated rings. The van der Waals surface area contributed by atoms with E-state index >= 15 is 0 Å². The van der Waals surface area contributed by atoms with E-state index in [1.165, 1.54) is 0 Å². The lowest BCUT2D eigenvalue weighted by atomic mass is 9.95. The highest BCUT2D eigenvalue weighted by atomic mass is 16.5. The fourth-order valence-corrected chi connectivity index (χ4v) is 1.76. The number of unbranched alkanes of at least 4 members (excludes halogenated alkanes) is 1. The number of ether oxygens (including phenoxy) is 1. The van der Waals surface area contributed by atoms with Crippen molar-refractivity contribution in [1.29, 1.82) is 0 Å². The smallest absolute Gasteiger partial charge is 0.0610 e. The van der Waals surface area contributed by atoms with Crippen LogP contribution in [0.25, 0.3) is 0 Å². The molecule has 0 aromatic carbocycles. The molecule has 0 saturated heterocycles. The molecule has 1 atom stereocenters. The van der Waals surface area contributed by atoms with Crippen molar-refractivity contribution < 1.29 is 9.84 Å². The molecule has 0 aromatic rings. The van der Waals surface area contributed by atoms with Gasteiger partial charge in [0.2, 0.25) is 0 Å². The first-order valence-corrected chi connectivity index (χ1v) is 6.00. The fraction of sp³-hybridized carbons (Fsp3) is 1.00. The number of nitrogens with one attached hydrogen (secondary N) is 1. The monoisotopic (exact) mass is 217 g/mol. The van der Waals surface area contributed by atoms with E-state index < -0.39 is 0 Å². The van der Waals surface area contributed by atoms with Gasteiger partial charge < -0.3 is 15.2 Å². The summed E-state index contributed by atoms with van der Waals surface area (Å²) in [6, 6.07) is 0.411. The third kappa shape index (κ3) is 7.77. The van der Waals surface area contributed by atoms with Gasteiger partial charge in [-0.2, -0.15) is 0 Å². The maximum absolute atomic E-state index is 9.34. The largest absolute Gasteiger partial charge is 0.394 e. The van der Waals surface area contributed by atoms with Crippen molar-refractivity contribution in [3.63, 3.8) is 0 Å². The van der Waals surface area contributed by atoms with Gasteiger partial charge in [-0.25, -0.2) is 0 Å². The van der Waals surface area contributed by atoms with Crippen LogP contribution in [-0.2, 0) is 4.74 Å². The summed E-state index contributed by atoms with van der Waals surface area (Å²) in [6.45, 7) is 10.1. The third-order valence-electron chi connectivity index (χ3n) is 2.46. The molecule has 2 N–H and O–H groups in total. The van der Waals surface area contributed by atoms with Gasteiger partial charge in [0.25, 0.3) is 0 Å². The molecule has 0 aliphatic heterocycles. The van der Waals surface area contributed by atoms with Gasteiger partial charge in [0, 0.05) is 24.8 Å². The van der Waals surface area contributed by atoms with E-state index in [-0.39, 0.29) is 12.1 Å². The first-order chi connectivity index (χ1) is 7.04. The van der Waals surface area contributed by atoms with Crippen molar-refractivity contribution in [2.45, 2.75) is 58.5 Å². The molecule has 0 aliphatic carbocycles. The van der Waals surface area contributed by atoms with Gasteiger partial charge in [0.15, 0.2) is 0 Å². The van der Waals surface area contributed by atoms with E-state index in [0.717, 1.165) is 32.5 Å². The molecular formula is C12H27NO2. The SMILES string of the molecule is CCOCCCCC(C)(CO)NC(C)C. The quantitative estimate of drug-likeness (QED) is 0.580. The van der Waals surface area contributed by atoms with Crippen molar-refractivity contribution in [3.05, 3.63) is 0 Å². The van der Waals surface area contributed by atoms with Crippen LogP contribution in [0.4, 0.5) is 0 Å².